The lowest BCUT2D eigenvalue weighted by Crippen LogP contribution is -2.57. The molecule has 0 aromatic heterocycles. The van der Waals surface area contributed by atoms with E-state index in [-0.39, 0.29) is 41.2 Å². The van der Waals surface area contributed by atoms with Gasteiger partial charge in [0, 0.05) is 32.2 Å². The molecule has 1 N–H and O–H groups in total. The first kappa shape index (κ1) is 21.1. The number of nitro groups is 1. The highest BCUT2D eigenvalue weighted by Crippen LogP contribution is 2.34. The Kier molecular flexibility index (Phi) is 6.42. The van der Waals surface area contributed by atoms with Gasteiger partial charge in [-0.05, 0) is 18.1 Å². The topological polar surface area (TPSA) is 113 Å². The standard InChI is InChI=1S/C17H26N4O5S/c1-5-19(6-2)27(25,26)13-7-8-14(15(11-13)21(23)24)20-10-9-18-17(22)16(20)12(3)4/h7-8,11-12,16H,5-6,9-10H2,1-4H3,(H,18,22)/t16-/m1/s1. The molecule has 150 valence electrons. The highest BCUT2D eigenvalue weighted by Gasteiger charge is 2.36. The Hall–Kier alpha value is -2.20. The molecule has 0 aliphatic carbocycles. The van der Waals surface area contributed by atoms with Gasteiger partial charge in [0.1, 0.15) is 11.7 Å². The van der Waals surface area contributed by atoms with Crippen LogP contribution in [0.3, 0.4) is 0 Å². The van der Waals surface area contributed by atoms with Gasteiger partial charge in [-0.15, -0.1) is 0 Å². The molecule has 10 heteroatoms. The lowest BCUT2D eigenvalue weighted by Gasteiger charge is -2.38. The first-order chi connectivity index (χ1) is 12.6. The fourth-order valence-electron chi connectivity index (χ4n) is 3.38. The van der Waals surface area contributed by atoms with Crippen LogP contribution in [0.1, 0.15) is 27.7 Å². The van der Waals surface area contributed by atoms with E-state index >= 15 is 0 Å². The molecule has 1 amide bonds. The van der Waals surface area contributed by atoms with Crippen LogP contribution < -0.4 is 10.2 Å². The van der Waals surface area contributed by atoms with Crippen molar-refractivity contribution in [1.29, 1.82) is 0 Å². The number of amides is 1. The van der Waals surface area contributed by atoms with Crippen LogP contribution in [0.2, 0.25) is 0 Å². The molecule has 1 atom stereocenters. The summed E-state index contributed by atoms with van der Waals surface area (Å²) in [5.41, 5.74) is -0.0596. The number of hydrogen-bond donors (Lipinski definition) is 1. The van der Waals surface area contributed by atoms with Gasteiger partial charge in [-0.3, -0.25) is 14.9 Å². The predicted octanol–water partition coefficient (Wildman–Crippen LogP) is 1.59. The van der Waals surface area contributed by atoms with Crippen molar-refractivity contribution in [1.82, 2.24) is 9.62 Å². The van der Waals surface area contributed by atoms with Gasteiger partial charge in [0.2, 0.25) is 15.9 Å². The van der Waals surface area contributed by atoms with Crippen molar-refractivity contribution in [2.75, 3.05) is 31.1 Å². The summed E-state index contributed by atoms with van der Waals surface area (Å²) in [7, 11) is -3.81. The normalized spacial score (nSPS) is 18.1. The van der Waals surface area contributed by atoms with Crippen LogP contribution in [-0.2, 0) is 14.8 Å². The van der Waals surface area contributed by atoms with Crippen LogP contribution in [0, 0.1) is 16.0 Å². The van der Waals surface area contributed by atoms with Crippen molar-refractivity contribution in [2.45, 2.75) is 38.6 Å². The monoisotopic (exact) mass is 398 g/mol. The van der Waals surface area contributed by atoms with Crippen molar-refractivity contribution in [3.05, 3.63) is 28.3 Å². The molecule has 0 saturated carbocycles. The molecule has 1 saturated heterocycles. The van der Waals surface area contributed by atoms with E-state index in [1.165, 1.54) is 16.4 Å². The summed E-state index contributed by atoms with van der Waals surface area (Å²) >= 11 is 0. The number of piperazine rings is 1. The van der Waals surface area contributed by atoms with E-state index in [0.717, 1.165) is 6.07 Å². The summed E-state index contributed by atoms with van der Waals surface area (Å²) < 4.78 is 26.7. The summed E-state index contributed by atoms with van der Waals surface area (Å²) in [4.78, 5) is 24.9. The summed E-state index contributed by atoms with van der Waals surface area (Å²) in [6.07, 6.45) is 0. The zero-order valence-corrected chi connectivity index (χ0v) is 16.8. The molecule has 1 fully saturated rings. The lowest BCUT2D eigenvalue weighted by atomic mass is 9.98. The molecular formula is C17H26N4O5S. The van der Waals surface area contributed by atoms with E-state index in [1.807, 2.05) is 13.8 Å². The second-order valence-corrected chi connectivity index (χ2v) is 8.61. The van der Waals surface area contributed by atoms with E-state index < -0.39 is 21.0 Å². The van der Waals surface area contributed by atoms with Gasteiger partial charge in [0.15, 0.2) is 0 Å². The minimum absolute atomic E-state index is 0.0658. The molecule has 0 unspecified atom stereocenters. The van der Waals surface area contributed by atoms with Gasteiger partial charge in [0.25, 0.3) is 5.69 Å². The van der Waals surface area contributed by atoms with E-state index in [0.29, 0.717) is 13.1 Å². The number of benzene rings is 1. The van der Waals surface area contributed by atoms with Gasteiger partial charge in [0.05, 0.1) is 9.82 Å². The molecule has 9 nitrogen and oxygen atoms in total. The van der Waals surface area contributed by atoms with Crippen LogP contribution in [0.25, 0.3) is 0 Å². The van der Waals surface area contributed by atoms with Crippen molar-refractivity contribution >= 4 is 27.3 Å². The van der Waals surface area contributed by atoms with Crippen LogP contribution in [-0.4, -0.2) is 55.8 Å². The quantitative estimate of drug-likeness (QED) is 0.551. The molecule has 0 spiro atoms. The van der Waals surface area contributed by atoms with Crippen LogP contribution in [0.5, 0.6) is 0 Å². The minimum Gasteiger partial charge on any atom is -0.353 e. The van der Waals surface area contributed by atoms with Crippen LogP contribution in [0.15, 0.2) is 23.1 Å². The third kappa shape index (κ3) is 4.06. The molecule has 1 aliphatic rings. The molecular weight excluding hydrogens is 372 g/mol. The molecule has 0 bridgehead atoms. The fraction of sp³-hybridized carbons (Fsp3) is 0.588. The Morgan fingerprint density at radius 3 is 2.48 bits per heavy atom. The van der Waals surface area contributed by atoms with Crippen LogP contribution >= 0.6 is 0 Å². The molecule has 1 aromatic rings. The van der Waals surface area contributed by atoms with Gasteiger partial charge < -0.3 is 10.2 Å². The Labute approximate surface area is 159 Å². The maximum Gasteiger partial charge on any atom is 0.293 e. The Bertz CT molecular complexity index is 821. The maximum atomic E-state index is 12.7. The second kappa shape index (κ2) is 8.22. The average Bonchev–Trinajstić information content (AvgIpc) is 2.61. The number of nitro benzene ring substituents is 1. The third-order valence-corrected chi connectivity index (χ3v) is 6.73. The molecule has 1 aromatic carbocycles. The average molecular weight is 398 g/mol. The Morgan fingerprint density at radius 1 is 1.33 bits per heavy atom. The second-order valence-electron chi connectivity index (χ2n) is 6.67. The van der Waals surface area contributed by atoms with Crippen molar-refractivity contribution in [2.24, 2.45) is 5.92 Å². The summed E-state index contributed by atoms with van der Waals surface area (Å²) in [6.45, 7) is 8.50. The van der Waals surface area contributed by atoms with Gasteiger partial charge in [-0.25, -0.2) is 8.42 Å². The molecule has 0 radical (unpaired) electrons. The Balaban J connectivity index is 2.56. The van der Waals surface area contributed by atoms with Crippen molar-refractivity contribution in [3.63, 3.8) is 0 Å². The lowest BCUT2D eigenvalue weighted by molar-refractivity contribution is -0.384. The maximum absolute atomic E-state index is 12.7. The first-order valence-electron chi connectivity index (χ1n) is 8.98. The zero-order valence-electron chi connectivity index (χ0n) is 16.0. The van der Waals surface area contributed by atoms with Crippen molar-refractivity contribution in [3.8, 4) is 0 Å². The number of carbonyl (C=O) groups excluding carboxylic acids is 1. The number of hydrogen-bond acceptors (Lipinski definition) is 6. The highest BCUT2D eigenvalue weighted by molar-refractivity contribution is 7.89. The molecule has 1 heterocycles. The molecule has 27 heavy (non-hydrogen) atoms. The third-order valence-electron chi connectivity index (χ3n) is 4.68. The largest absolute Gasteiger partial charge is 0.353 e. The van der Waals surface area contributed by atoms with E-state index in [9.17, 15) is 23.3 Å². The number of sulfonamides is 1. The molecule has 1 aliphatic heterocycles. The first-order valence-corrected chi connectivity index (χ1v) is 10.4. The molecule has 2 rings (SSSR count). The van der Waals surface area contributed by atoms with Gasteiger partial charge in [-0.1, -0.05) is 27.7 Å². The SMILES string of the molecule is CCN(CC)S(=O)(=O)c1ccc(N2CCNC(=O)[C@H]2C(C)C)c([N+](=O)[O-])c1. The number of carbonyl (C=O) groups is 1. The number of rotatable bonds is 7. The van der Waals surface area contributed by atoms with Gasteiger partial charge in [-0.2, -0.15) is 4.31 Å². The number of nitrogens with one attached hydrogen (secondary N) is 1. The van der Waals surface area contributed by atoms with Crippen molar-refractivity contribution < 1.29 is 18.1 Å². The fourth-order valence-corrected chi connectivity index (χ4v) is 4.86. The minimum atomic E-state index is -3.81. The smallest absolute Gasteiger partial charge is 0.293 e. The highest BCUT2D eigenvalue weighted by atomic mass is 32.2. The number of nitrogens with zero attached hydrogens (tertiary/aromatic N) is 3. The summed E-state index contributed by atoms with van der Waals surface area (Å²) in [5.74, 6) is -0.255. The zero-order chi connectivity index (χ0) is 20.4. The summed E-state index contributed by atoms with van der Waals surface area (Å²) in [6, 6.07) is 3.35. The summed E-state index contributed by atoms with van der Waals surface area (Å²) in [5, 5.41) is 14.5. The number of anilines is 1. The van der Waals surface area contributed by atoms with Crippen LogP contribution in [0.4, 0.5) is 11.4 Å². The van der Waals surface area contributed by atoms with E-state index in [2.05, 4.69) is 5.32 Å². The Morgan fingerprint density at radius 2 is 1.96 bits per heavy atom. The van der Waals surface area contributed by atoms with Gasteiger partial charge >= 0.3 is 0 Å². The van der Waals surface area contributed by atoms with E-state index in [1.54, 1.807) is 18.7 Å². The van der Waals surface area contributed by atoms with E-state index in [4.69, 9.17) is 0 Å². The predicted molar refractivity (Wildman–Crippen MR) is 102 cm³/mol.